The van der Waals surface area contributed by atoms with Gasteiger partial charge >= 0.3 is 5.63 Å². The van der Waals surface area contributed by atoms with Crippen molar-refractivity contribution in [2.45, 2.75) is 12.5 Å². The second kappa shape index (κ2) is 9.69. The molecule has 1 unspecified atom stereocenters. The SMILES string of the molecule is Cl.O=C(NCCC1CNCCO1)c1cccc(-c2cc3ccccc3oc2=O)c1. The van der Waals surface area contributed by atoms with Crippen LogP contribution in [-0.4, -0.2) is 38.3 Å². The average molecular weight is 415 g/mol. The van der Waals surface area contributed by atoms with Crippen molar-refractivity contribution in [3.63, 3.8) is 0 Å². The van der Waals surface area contributed by atoms with Gasteiger partial charge in [-0.15, -0.1) is 12.4 Å². The standard InChI is InChI=1S/C22H22N2O4.ClH/c25-21(24-9-8-18-14-23-10-11-27-18)17-6-3-5-15(12-17)19-13-16-4-1-2-7-20(16)28-22(19)26;/h1-7,12-13,18,23H,8-11,14H2,(H,24,25);1H. The van der Waals surface area contributed by atoms with Crippen molar-refractivity contribution in [2.24, 2.45) is 0 Å². The van der Waals surface area contributed by atoms with Crippen LogP contribution in [0, 0.1) is 0 Å². The molecule has 29 heavy (non-hydrogen) atoms. The Bertz CT molecular complexity index is 1040. The van der Waals surface area contributed by atoms with Crippen molar-refractivity contribution in [1.29, 1.82) is 0 Å². The van der Waals surface area contributed by atoms with Crippen LogP contribution in [0.4, 0.5) is 0 Å². The molecule has 7 heteroatoms. The van der Waals surface area contributed by atoms with Crippen LogP contribution < -0.4 is 16.3 Å². The van der Waals surface area contributed by atoms with E-state index in [1.54, 1.807) is 36.4 Å². The summed E-state index contributed by atoms with van der Waals surface area (Å²) in [4.78, 5) is 24.9. The Morgan fingerprint density at radius 1 is 1.14 bits per heavy atom. The summed E-state index contributed by atoms with van der Waals surface area (Å²) >= 11 is 0. The smallest absolute Gasteiger partial charge is 0.344 e. The lowest BCUT2D eigenvalue weighted by Crippen LogP contribution is -2.40. The molecule has 6 nitrogen and oxygen atoms in total. The molecule has 3 aromatic rings. The van der Waals surface area contributed by atoms with Gasteiger partial charge in [0.05, 0.1) is 18.3 Å². The van der Waals surface area contributed by atoms with Crippen LogP contribution in [0.25, 0.3) is 22.1 Å². The Kier molecular flexibility index (Phi) is 7.04. The van der Waals surface area contributed by atoms with Gasteiger partial charge in [-0.05, 0) is 36.2 Å². The summed E-state index contributed by atoms with van der Waals surface area (Å²) in [6.07, 6.45) is 0.884. The van der Waals surface area contributed by atoms with Gasteiger partial charge < -0.3 is 19.8 Å². The second-order valence-electron chi connectivity index (χ2n) is 6.81. The molecule has 2 heterocycles. The molecule has 2 N–H and O–H groups in total. The summed E-state index contributed by atoms with van der Waals surface area (Å²) in [6.45, 7) is 2.92. The second-order valence-corrected chi connectivity index (χ2v) is 6.81. The number of hydrogen-bond acceptors (Lipinski definition) is 5. The van der Waals surface area contributed by atoms with Gasteiger partial charge in [-0.3, -0.25) is 4.79 Å². The minimum absolute atomic E-state index is 0. The van der Waals surface area contributed by atoms with Crippen molar-refractivity contribution >= 4 is 29.3 Å². The van der Waals surface area contributed by atoms with E-state index in [1.807, 2.05) is 18.2 Å². The van der Waals surface area contributed by atoms with E-state index in [1.165, 1.54) is 0 Å². The van der Waals surface area contributed by atoms with Gasteiger partial charge in [-0.25, -0.2) is 4.79 Å². The number of carbonyl (C=O) groups is 1. The molecule has 0 aliphatic carbocycles. The maximum atomic E-state index is 12.5. The summed E-state index contributed by atoms with van der Waals surface area (Å²) in [5.41, 5.74) is 1.73. The number of fused-ring (bicyclic) bond motifs is 1. The largest absolute Gasteiger partial charge is 0.422 e. The van der Waals surface area contributed by atoms with Crippen molar-refractivity contribution in [3.8, 4) is 11.1 Å². The fourth-order valence-electron chi connectivity index (χ4n) is 3.35. The van der Waals surface area contributed by atoms with Gasteiger partial charge in [0.25, 0.3) is 5.91 Å². The molecule has 0 radical (unpaired) electrons. The number of para-hydroxylation sites is 1. The van der Waals surface area contributed by atoms with E-state index in [9.17, 15) is 9.59 Å². The van der Waals surface area contributed by atoms with Crippen LogP contribution in [0.5, 0.6) is 0 Å². The number of nitrogens with one attached hydrogen (secondary N) is 2. The first kappa shape index (κ1) is 21.0. The Morgan fingerprint density at radius 3 is 2.83 bits per heavy atom. The highest BCUT2D eigenvalue weighted by Crippen LogP contribution is 2.22. The Labute approximate surface area is 174 Å². The van der Waals surface area contributed by atoms with Crippen molar-refractivity contribution < 1.29 is 13.9 Å². The highest BCUT2D eigenvalue weighted by Gasteiger charge is 2.14. The molecule has 152 valence electrons. The molecule has 1 amide bonds. The average Bonchev–Trinajstić information content (AvgIpc) is 2.74. The summed E-state index contributed by atoms with van der Waals surface area (Å²) in [7, 11) is 0. The molecule has 1 atom stereocenters. The molecule has 0 bridgehead atoms. The number of amides is 1. The number of halogens is 1. The Hall–Kier alpha value is -2.67. The molecule has 1 aromatic heterocycles. The number of hydrogen-bond donors (Lipinski definition) is 2. The summed E-state index contributed by atoms with van der Waals surface area (Å²) in [5.74, 6) is -0.171. The molecular weight excluding hydrogens is 392 g/mol. The van der Waals surface area contributed by atoms with E-state index in [-0.39, 0.29) is 24.4 Å². The van der Waals surface area contributed by atoms with Crippen LogP contribution in [0.15, 0.2) is 63.8 Å². The predicted molar refractivity (Wildman–Crippen MR) is 115 cm³/mol. The normalized spacial score (nSPS) is 16.2. The van der Waals surface area contributed by atoms with Gasteiger partial charge in [0.1, 0.15) is 5.58 Å². The van der Waals surface area contributed by atoms with Gasteiger partial charge in [-0.2, -0.15) is 0 Å². The zero-order chi connectivity index (χ0) is 19.3. The number of ether oxygens (including phenoxy) is 1. The fourth-order valence-corrected chi connectivity index (χ4v) is 3.35. The molecule has 2 aromatic carbocycles. The number of benzene rings is 2. The maximum Gasteiger partial charge on any atom is 0.344 e. The third-order valence-corrected chi connectivity index (χ3v) is 4.83. The Morgan fingerprint density at radius 2 is 2.00 bits per heavy atom. The van der Waals surface area contributed by atoms with Crippen LogP contribution in [0.2, 0.25) is 0 Å². The first-order chi connectivity index (χ1) is 13.7. The zero-order valence-electron chi connectivity index (χ0n) is 15.9. The minimum Gasteiger partial charge on any atom is -0.422 e. The van der Waals surface area contributed by atoms with E-state index >= 15 is 0 Å². The Balaban J connectivity index is 0.00000240. The first-order valence-corrected chi connectivity index (χ1v) is 9.44. The first-order valence-electron chi connectivity index (χ1n) is 9.44. The lowest BCUT2D eigenvalue weighted by molar-refractivity contribution is 0.0239. The fraction of sp³-hybridized carbons (Fsp3) is 0.273. The summed E-state index contributed by atoms with van der Waals surface area (Å²) in [5, 5.41) is 7.03. The van der Waals surface area contributed by atoms with Crippen LogP contribution in [0.1, 0.15) is 16.8 Å². The molecule has 0 saturated carbocycles. The van der Waals surface area contributed by atoms with Gasteiger partial charge in [0.2, 0.25) is 0 Å². The molecular formula is C22H23ClN2O4. The van der Waals surface area contributed by atoms with E-state index in [0.717, 1.165) is 24.9 Å². The lowest BCUT2D eigenvalue weighted by Gasteiger charge is -2.23. The maximum absolute atomic E-state index is 12.5. The molecule has 1 aliphatic heterocycles. The monoisotopic (exact) mass is 414 g/mol. The zero-order valence-corrected chi connectivity index (χ0v) is 16.7. The minimum atomic E-state index is -0.418. The molecule has 4 rings (SSSR count). The lowest BCUT2D eigenvalue weighted by atomic mass is 10.0. The number of rotatable bonds is 5. The van der Waals surface area contributed by atoms with Gasteiger partial charge in [0, 0.05) is 30.6 Å². The number of morpholine rings is 1. The highest BCUT2D eigenvalue weighted by molar-refractivity contribution is 5.95. The summed E-state index contributed by atoms with van der Waals surface area (Å²) < 4.78 is 11.0. The van der Waals surface area contributed by atoms with Crippen molar-refractivity contribution in [2.75, 3.05) is 26.2 Å². The third kappa shape index (κ3) is 5.03. The number of carbonyl (C=O) groups excluding carboxylic acids is 1. The van der Waals surface area contributed by atoms with Crippen molar-refractivity contribution in [3.05, 3.63) is 70.6 Å². The van der Waals surface area contributed by atoms with Crippen molar-refractivity contribution in [1.82, 2.24) is 10.6 Å². The molecule has 1 saturated heterocycles. The summed E-state index contributed by atoms with van der Waals surface area (Å²) in [6, 6.07) is 16.2. The van der Waals surface area contributed by atoms with E-state index < -0.39 is 5.63 Å². The topological polar surface area (TPSA) is 80.6 Å². The molecule has 0 spiro atoms. The van der Waals surface area contributed by atoms with E-state index in [0.29, 0.717) is 35.4 Å². The highest BCUT2D eigenvalue weighted by atomic mass is 35.5. The van der Waals surface area contributed by atoms with E-state index in [2.05, 4.69) is 10.6 Å². The van der Waals surface area contributed by atoms with Gasteiger partial charge in [0.15, 0.2) is 0 Å². The quantitative estimate of drug-likeness (QED) is 0.627. The molecule has 1 fully saturated rings. The van der Waals surface area contributed by atoms with Crippen LogP contribution in [-0.2, 0) is 4.74 Å². The van der Waals surface area contributed by atoms with Gasteiger partial charge in [-0.1, -0.05) is 30.3 Å². The van der Waals surface area contributed by atoms with Crippen LogP contribution >= 0.6 is 12.4 Å². The van der Waals surface area contributed by atoms with E-state index in [4.69, 9.17) is 9.15 Å². The predicted octanol–water partition coefficient (Wildman–Crippen LogP) is 2.99. The van der Waals surface area contributed by atoms with Crippen LogP contribution in [0.3, 0.4) is 0 Å². The molecule has 1 aliphatic rings. The third-order valence-electron chi connectivity index (χ3n) is 4.83.